The van der Waals surface area contributed by atoms with Crippen LogP contribution in [0, 0.1) is 5.41 Å². The Balaban J connectivity index is 3.87. The van der Waals surface area contributed by atoms with Crippen molar-refractivity contribution >= 4 is 5.97 Å². The van der Waals surface area contributed by atoms with Crippen molar-refractivity contribution in [2.75, 3.05) is 20.2 Å². The predicted octanol–water partition coefficient (Wildman–Crippen LogP) is 1.35. The minimum absolute atomic E-state index is 0.0279. The van der Waals surface area contributed by atoms with Gasteiger partial charge in [-0.1, -0.05) is 20.4 Å². The molecular weight excluding hydrogens is 166 g/mol. The molecule has 0 radical (unpaired) electrons. The zero-order valence-corrected chi connectivity index (χ0v) is 8.94. The molecule has 3 heteroatoms. The molecule has 0 spiro atoms. The molecule has 0 aromatic carbocycles. The van der Waals surface area contributed by atoms with Gasteiger partial charge in [-0.3, -0.25) is 0 Å². The van der Waals surface area contributed by atoms with Gasteiger partial charge in [-0.15, -0.1) is 0 Å². The molecule has 0 saturated heterocycles. The lowest BCUT2D eigenvalue weighted by atomic mass is 9.95. The zero-order chi connectivity index (χ0) is 10.5. The van der Waals surface area contributed by atoms with Crippen molar-refractivity contribution in [3.05, 3.63) is 12.2 Å². The number of hydrogen-bond acceptors (Lipinski definition) is 3. The van der Waals surface area contributed by atoms with Crippen molar-refractivity contribution in [1.82, 2.24) is 5.32 Å². The molecule has 0 bridgehead atoms. The summed E-state index contributed by atoms with van der Waals surface area (Å²) in [7, 11) is 1.88. The second kappa shape index (κ2) is 5.02. The first-order valence-electron chi connectivity index (χ1n) is 4.36. The predicted molar refractivity (Wildman–Crippen MR) is 53.5 cm³/mol. The largest absolute Gasteiger partial charge is 0.462 e. The Kier molecular flexibility index (Phi) is 4.70. The van der Waals surface area contributed by atoms with Crippen LogP contribution in [0.1, 0.15) is 20.8 Å². The van der Waals surface area contributed by atoms with Gasteiger partial charge in [0.15, 0.2) is 0 Å². The zero-order valence-electron chi connectivity index (χ0n) is 8.94. The fourth-order valence-electron chi connectivity index (χ4n) is 0.914. The maximum Gasteiger partial charge on any atom is 0.333 e. The van der Waals surface area contributed by atoms with Gasteiger partial charge in [-0.25, -0.2) is 4.79 Å². The summed E-state index contributed by atoms with van der Waals surface area (Å²) < 4.78 is 5.04. The SMILES string of the molecule is C=C(C)C(=O)OCC(C)(C)CNC. The summed E-state index contributed by atoms with van der Waals surface area (Å²) >= 11 is 0. The van der Waals surface area contributed by atoms with Crippen LogP contribution in [0.3, 0.4) is 0 Å². The lowest BCUT2D eigenvalue weighted by Gasteiger charge is -2.23. The van der Waals surface area contributed by atoms with Crippen molar-refractivity contribution in [2.45, 2.75) is 20.8 Å². The monoisotopic (exact) mass is 185 g/mol. The molecule has 0 aromatic heterocycles. The summed E-state index contributed by atoms with van der Waals surface area (Å²) in [5.41, 5.74) is 0.417. The average Bonchev–Trinajstić information content (AvgIpc) is 2.00. The maximum absolute atomic E-state index is 11.1. The summed E-state index contributed by atoms with van der Waals surface area (Å²) in [5.74, 6) is -0.316. The van der Waals surface area contributed by atoms with E-state index in [1.165, 1.54) is 0 Å². The first-order valence-corrected chi connectivity index (χ1v) is 4.36. The van der Waals surface area contributed by atoms with Gasteiger partial charge in [0.25, 0.3) is 0 Å². The van der Waals surface area contributed by atoms with Gasteiger partial charge in [-0.2, -0.15) is 0 Å². The first-order chi connectivity index (χ1) is 5.89. The molecule has 76 valence electrons. The molecule has 0 unspecified atom stereocenters. The van der Waals surface area contributed by atoms with Crippen LogP contribution in [0.4, 0.5) is 0 Å². The smallest absolute Gasteiger partial charge is 0.333 e. The topological polar surface area (TPSA) is 38.3 Å². The minimum Gasteiger partial charge on any atom is -0.462 e. The van der Waals surface area contributed by atoms with Crippen LogP contribution in [-0.2, 0) is 9.53 Å². The number of ether oxygens (including phenoxy) is 1. The molecule has 0 amide bonds. The highest BCUT2D eigenvalue weighted by Gasteiger charge is 2.19. The molecular formula is C10H19NO2. The molecule has 0 aliphatic rings. The summed E-state index contributed by atoms with van der Waals surface area (Å²) in [6, 6.07) is 0. The molecule has 0 heterocycles. The maximum atomic E-state index is 11.1. The highest BCUT2D eigenvalue weighted by Crippen LogP contribution is 2.14. The van der Waals surface area contributed by atoms with E-state index in [1.54, 1.807) is 6.92 Å². The number of rotatable bonds is 5. The minimum atomic E-state index is -0.316. The molecule has 0 aliphatic carbocycles. The Bertz CT molecular complexity index is 197. The third kappa shape index (κ3) is 5.42. The van der Waals surface area contributed by atoms with Crippen LogP contribution in [-0.4, -0.2) is 26.2 Å². The van der Waals surface area contributed by atoms with Crippen LogP contribution in [0.25, 0.3) is 0 Å². The van der Waals surface area contributed by atoms with Gasteiger partial charge in [0.05, 0.1) is 6.61 Å². The van der Waals surface area contributed by atoms with Gasteiger partial charge < -0.3 is 10.1 Å². The second-order valence-corrected chi connectivity index (χ2v) is 4.05. The van der Waals surface area contributed by atoms with Crippen molar-refractivity contribution in [3.8, 4) is 0 Å². The highest BCUT2D eigenvalue weighted by atomic mass is 16.5. The standard InChI is InChI=1S/C10H19NO2/c1-8(2)9(12)13-7-10(3,4)6-11-5/h11H,1,6-7H2,2-5H3. The Morgan fingerprint density at radius 1 is 1.54 bits per heavy atom. The number of carbonyl (C=O) groups is 1. The molecule has 0 saturated carbocycles. The highest BCUT2D eigenvalue weighted by molar-refractivity contribution is 5.86. The second-order valence-electron chi connectivity index (χ2n) is 4.05. The summed E-state index contributed by atoms with van der Waals surface area (Å²) in [6.45, 7) is 10.5. The number of carbonyl (C=O) groups excluding carboxylic acids is 1. The molecule has 0 aliphatic heterocycles. The molecule has 1 N–H and O–H groups in total. The van der Waals surface area contributed by atoms with E-state index in [4.69, 9.17) is 4.74 Å². The molecule has 3 nitrogen and oxygen atoms in total. The summed E-state index contributed by atoms with van der Waals surface area (Å²) in [6.07, 6.45) is 0. The van der Waals surface area contributed by atoms with E-state index in [0.29, 0.717) is 12.2 Å². The van der Waals surface area contributed by atoms with Crippen molar-refractivity contribution in [2.24, 2.45) is 5.41 Å². The van der Waals surface area contributed by atoms with E-state index in [9.17, 15) is 4.79 Å². The molecule has 0 fully saturated rings. The molecule has 0 atom stereocenters. The number of nitrogens with one attached hydrogen (secondary N) is 1. The first kappa shape index (κ1) is 12.2. The van der Waals surface area contributed by atoms with E-state index < -0.39 is 0 Å². The van der Waals surface area contributed by atoms with Gasteiger partial charge in [0, 0.05) is 17.5 Å². The van der Waals surface area contributed by atoms with Crippen LogP contribution in [0.5, 0.6) is 0 Å². The van der Waals surface area contributed by atoms with Crippen molar-refractivity contribution in [1.29, 1.82) is 0 Å². The number of esters is 1. The van der Waals surface area contributed by atoms with Crippen LogP contribution in [0.2, 0.25) is 0 Å². The molecule has 0 aromatic rings. The van der Waals surface area contributed by atoms with Gasteiger partial charge in [-0.05, 0) is 14.0 Å². The van der Waals surface area contributed by atoms with Crippen LogP contribution in [0.15, 0.2) is 12.2 Å². The van der Waals surface area contributed by atoms with Gasteiger partial charge in [0.2, 0.25) is 0 Å². The van der Waals surface area contributed by atoms with Crippen LogP contribution < -0.4 is 5.32 Å². The van der Waals surface area contributed by atoms with Crippen molar-refractivity contribution in [3.63, 3.8) is 0 Å². The van der Waals surface area contributed by atoms with Crippen LogP contribution >= 0.6 is 0 Å². The summed E-state index contributed by atoms with van der Waals surface area (Å²) in [4.78, 5) is 11.1. The van der Waals surface area contributed by atoms with E-state index in [0.717, 1.165) is 6.54 Å². The Morgan fingerprint density at radius 2 is 2.08 bits per heavy atom. The van der Waals surface area contributed by atoms with E-state index in [2.05, 4.69) is 11.9 Å². The fraction of sp³-hybridized carbons (Fsp3) is 0.700. The lowest BCUT2D eigenvalue weighted by Crippen LogP contribution is -2.32. The third-order valence-electron chi connectivity index (χ3n) is 1.60. The Morgan fingerprint density at radius 3 is 2.46 bits per heavy atom. The summed E-state index contributed by atoms with van der Waals surface area (Å²) in [5, 5.41) is 3.05. The van der Waals surface area contributed by atoms with E-state index in [-0.39, 0.29) is 11.4 Å². The molecule has 13 heavy (non-hydrogen) atoms. The average molecular weight is 185 g/mol. The van der Waals surface area contributed by atoms with E-state index >= 15 is 0 Å². The third-order valence-corrected chi connectivity index (χ3v) is 1.60. The quantitative estimate of drug-likeness (QED) is 0.519. The Hall–Kier alpha value is -0.830. The normalized spacial score (nSPS) is 11.1. The van der Waals surface area contributed by atoms with Gasteiger partial charge in [0.1, 0.15) is 0 Å². The van der Waals surface area contributed by atoms with Gasteiger partial charge >= 0.3 is 5.97 Å². The lowest BCUT2D eigenvalue weighted by molar-refractivity contribution is -0.141. The van der Waals surface area contributed by atoms with Crippen molar-refractivity contribution < 1.29 is 9.53 Å². The number of hydrogen-bond donors (Lipinski definition) is 1. The fourth-order valence-corrected chi connectivity index (χ4v) is 0.914. The molecule has 0 rings (SSSR count). The Labute approximate surface area is 80.2 Å². The van der Waals surface area contributed by atoms with E-state index in [1.807, 2.05) is 20.9 Å².